The van der Waals surface area contributed by atoms with E-state index in [1.807, 2.05) is 7.05 Å². The predicted octanol–water partition coefficient (Wildman–Crippen LogP) is 0.286. The van der Waals surface area contributed by atoms with Crippen LogP contribution in [0.5, 0.6) is 0 Å². The minimum atomic E-state index is -0.721. The Morgan fingerprint density at radius 1 is 1.43 bits per heavy atom. The zero-order valence-electron chi connectivity index (χ0n) is 8.57. The summed E-state index contributed by atoms with van der Waals surface area (Å²) in [6, 6.07) is 0.572. The van der Waals surface area contributed by atoms with E-state index >= 15 is 0 Å². The number of piperazine rings is 1. The van der Waals surface area contributed by atoms with Crippen molar-refractivity contribution in [3.8, 4) is 0 Å². The van der Waals surface area contributed by atoms with Crippen LogP contribution in [0, 0.1) is 0 Å². The smallest absolute Gasteiger partial charge is 0.322 e. The van der Waals surface area contributed by atoms with Crippen molar-refractivity contribution in [2.45, 2.75) is 43.8 Å². The van der Waals surface area contributed by atoms with Crippen LogP contribution >= 0.6 is 0 Å². The fraction of sp³-hybridized carbons (Fsp3) is 0.900. The topological polar surface area (TPSA) is 52.6 Å². The van der Waals surface area contributed by atoms with Gasteiger partial charge in [-0.1, -0.05) is 12.8 Å². The number of nitrogens with zero attached hydrogens (tertiary/aromatic N) is 1. The Labute approximate surface area is 84.3 Å². The summed E-state index contributed by atoms with van der Waals surface area (Å²) >= 11 is 0. The van der Waals surface area contributed by atoms with Gasteiger partial charge in [0.25, 0.3) is 0 Å². The molecule has 1 heterocycles. The number of carbonyl (C=O) groups is 1. The van der Waals surface area contributed by atoms with Crippen molar-refractivity contribution in [3.63, 3.8) is 0 Å². The number of carboxylic acid groups (broad SMARTS) is 1. The van der Waals surface area contributed by atoms with Crippen molar-refractivity contribution in [1.29, 1.82) is 0 Å². The van der Waals surface area contributed by atoms with E-state index in [9.17, 15) is 4.79 Å². The van der Waals surface area contributed by atoms with Gasteiger partial charge in [-0.3, -0.25) is 15.0 Å². The first kappa shape index (κ1) is 9.93. The van der Waals surface area contributed by atoms with Crippen molar-refractivity contribution in [2.75, 3.05) is 13.6 Å². The van der Waals surface area contributed by atoms with Crippen LogP contribution in [0.2, 0.25) is 0 Å². The molecule has 0 radical (unpaired) electrons. The maximum atomic E-state index is 10.9. The molecule has 0 amide bonds. The van der Waals surface area contributed by atoms with Crippen LogP contribution < -0.4 is 5.32 Å². The van der Waals surface area contributed by atoms with Crippen molar-refractivity contribution in [3.05, 3.63) is 0 Å². The molecular weight excluding hydrogens is 180 g/mol. The molecule has 0 spiro atoms. The Bertz CT molecular complexity index is 232. The molecule has 4 nitrogen and oxygen atoms in total. The van der Waals surface area contributed by atoms with E-state index in [2.05, 4.69) is 10.2 Å². The Morgan fingerprint density at radius 3 is 2.86 bits per heavy atom. The van der Waals surface area contributed by atoms with Gasteiger partial charge in [0.1, 0.15) is 6.04 Å². The van der Waals surface area contributed by atoms with Crippen LogP contribution in [-0.4, -0.2) is 47.7 Å². The lowest BCUT2D eigenvalue weighted by molar-refractivity contribution is -0.141. The molecule has 4 heteroatoms. The summed E-state index contributed by atoms with van der Waals surface area (Å²) in [7, 11) is 2.04. The summed E-state index contributed by atoms with van der Waals surface area (Å²) < 4.78 is 0. The Balaban J connectivity index is 2.04. The van der Waals surface area contributed by atoms with Crippen LogP contribution in [0.15, 0.2) is 0 Å². The van der Waals surface area contributed by atoms with Crippen LogP contribution in [0.25, 0.3) is 0 Å². The lowest BCUT2D eigenvalue weighted by atomic mass is 9.86. The third-order valence-corrected chi connectivity index (χ3v) is 3.48. The number of carboxylic acids is 1. The van der Waals surface area contributed by atoms with Crippen LogP contribution in [0.3, 0.4) is 0 Å². The summed E-state index contributed by atoms with van der Waals surface area (Å²) in [5.74, 6) is -0.721. The normalized spacial score (nSPS) is 39.1. The molecular formula is C10H18N2O2. The highest BCUT2D eigenvalue weighted by atomic mass is 16.4. The average molecular weight is 198 g/mol. The number of hydrogen-bond donors (Lipinski definition) is 2. The summed E-state index contributed by atoms with van der Waals surface area (Å²) in [5.41, 5.74) is 0. The lowest BCUT2D eigenvalue weighted by Gasteiger charge is -2.45. The zero-order chi connectivity index (χ0) is 10.1. The number of aliphatic carboxylic acids is 1. The maximum absolute atomic E-state index is 10.9. The highest BCUT2D eigenvalue weighted by molar-refractivity contribution is 5.74. The van der Waals surface area contributed by atoms with E-state index in [-0.39, 0.29) is 6.04 Å². The predicted molar refractivity (Wildman–Crippen MR) is 53.2 cm³/mol. The average Bonchev–Trinajstić information content (AvgIpc) is 2.17. The first-order chi connectivity index (χ1) is 6.68. The molecule has 1 saturated carbocycles. The molecule has 0 bridgehead atoms. The number of fused-ring (bicyclic) bond motifs is 1. The van der Waals surface area contributed by atoms with Gasteiger partial charge in [0.2, 0.25) is 0 Å². The van der Waals surface area contributed by atoms with E-state index in [4.69, 9.17) is 5.11 Å². The molecule has 2 aliphatic rings. The first-order valence-corrected chi connectivity index (χ1v) is 5.37. The molecule has 1 aliphatic carbocycles. The zero-order valence-corrected chi connectivity index (χ0v) is 8.57. The number of hydrogen-bond acceptors (Lipinski definition) is 3. The largest absolute Gasteiger partial charge is 0.480 e. The number of likely N-dealkylation sites (N-methyl/N-ethyl adjacent to an activating group) is 1. The fourth-order valence-corrected chi connectivity index (χ4v) is 2.72. The second-order valence-corrected chi connectivity index (χ2v) is 4.46. The lowest BCUT2D eigenvalue weighted by Crippen LogP contribution is -2.64. The fourth-order valence-electron chi connectivity index (χ4n) is 2.72. The van der Waals surface area contributed by atoms with Gasteiger partial charge in [0.05, 0.1) is 0 Å². The van der Waals surface area contributed by atoms with Crippen molar-refractivity contribution < 1.29 is 9.90 Å². The van der Waals surface area contributed by atoms with E-state index in [0.717, 1.165) is 6.42 Å². The summed E-state index contributed by atoms with van der Waals surface area (Å²) in [4.78, 5) is 13.1. The molecule has 0 aromatic carbocycles. The van der Waals surface area contributed by atoms with E-state index in [0.29, 0.717) is 18.6 Å². The molecule has 2 rings (SSSR count). The highest BCUT2D eigenvalue weighted by Gasteiger charge is 2.37. The van der Waals surface area contributed by atoms with Gasteiger partial charge >= 0.3 is 5.97 Å². The summed E-state index contributed by atoms with van der Waals surface area (Å²) in [6.07, 6.45) is 4.85. The molecule has 2 fully saturated rings. The molecule has 14 heavy (non-hydrogen) atoms. The van der Waals surface area contributed by atoms with Gasteiger partial charge in [0, 0.05) is 18.6 Å². The molecule has 0 aromatic heterocycles. The minimum absolute atomic E-state index is 0.376. The molecule has 3 atom stereocenters. The van der Waals surface area contributed by atoms with Gasteiger partial charge < -0.3 is 5.11 Å². The standard InChI is InChI=1S/C10H18N2O2/c1-12-6-8(10(13)14)11-7-4-2-3-5-9(7)12/h7-9,11H,2-6H2,1H3,(H,13,14). The Kier molecular flexibility index (Phi) is 2.74. The van der Waals surface area contributed by atoms with E-state index in [1.54, 1.807) is 0 Å². The van der Waals surface area contributed by atoms with Crippen LogP contribution in [-0.2, 0) is 4.79 Å². The molecule has 2 N–H and O–H groups in total. The van der Waals surface area contributed by atoms with Gasteiger partial charge in [0.15, 0.2) is 0 Å². The van der Waals surface area contributed by atoms with Gasteiger partial charge in [-0.2, -0.15) is 0 Å². The summed E-state index contributed by atoms with van der Waals surface area (Å²) in [5, 5.41) is 12.2. The first-order valence-electron chi connectivity index (χ1n) is 5.37. The highest BCUT2D eigenvalue weighted by Crippen LogP contribution is 2.25. The third kappa shape index (κ3) is 1.77. The second-order valence-electron chi connectivity index (χ2n) is 4.46. The van der Waals surface area contributed by atoms with E-state index in [1.165, 1.54) is 19.3 Å². The van der Waals surface area contributed by atoms with Gasteiger partial charge in [-0.25, -0.2) is 0 Å². The van der Waals surface area contributed by atoms with E-state index < -0.39 is 5.97 Å². The second kappa shape index (κ2) is 3.87. The third-order valence-electron chi connectivity index (χ3n) is 3.48. The van der Waals surface area contributed by atoms with Crippen molar-refractivity contribution >= 4 is 5.97 Å². The monoisotopic (exact) mass is 198 g/mol. The maximum Gasteiger partial charge on any atom is 0.322 e. The molecule has 0 aromatic rings. The molecule has 3 unspecified atom stereocenters. The molecule has 1 aliphatic heterocycles. The quantitative estimate of drug-likeness (QED) is 0.635. The molecule has 80 valence electrons. The Hall–Kier alpha value is -0.610. The van der Waals surface area contributed by atoms with Crippen molar-refractivity contribution in [1.82, 2.24) is 10.2 Å². The number of nitrogens with one attached hydrogen (secondary N) is 1. The van der Waals surface area contributed by atoms with Gasteiger partial charge in [-0.15, -0.1) is 0 Å². The molecule has 1 saturated heterocycles. The number of rotatable bonds is 1. The van der Waals surface area contributed by atoms with Crippen molar-refractivity contribution in [2.24, 2.45) is 0 Å². The minimum Gasteiger partial charge on any atom is -0.480 e. The Morgan fingerprint density at radius 2 is 2.14 bits per heavy atom. The van der Waals surface area contributed by atoms with Crippen LogP contribution in [0.1, 0.15) is 25.7 Å². The van der Waals surface area contributed by atoms with Crippen LogP contribution in [0.4, 0.5) is 0 Å². The van der Waals surface area contributed by atoms with Gasteiger partial charge in [-0.05, 0) is 19.9 Å². The summed E-state index contributed by atoms with van der Waals surface area (Å²) in [6.45, 7) is 0.635. The SMILES string of the molecule is CN1CC(C(=O)O)NC2CCCCC21.